The maximum Gasteiger partial charge on any atom is 0.253 e. The van der Waals surface area contributed by atoms with Crippen LogP contribution in [-0.2, 0) is 13.0 Å². The number of aliphatic imine (C=N–C) groups is 1. The second-order valence-electron chi connectivity index (χ2n) is 6.33. The van der Waals surface area contributed by atoms with E-state index in [0.29, 0.717) is 6.54 Å². The van der Waals surface area contributed by atoms with Crippen LogP contribution in [0.4, 0.5) is 0 Å². The van der Waals surface area contributed by atoms with Gasteiger partial charge < -0.3 is 15.1 Å². The molecule has 0 fully saturated rings. The summed E-state index contributed by atoms with van der Waals surface area (Å²) in [7, 11) is 3.85. The Kier molecular flexibility index (Phi) is 8.33. The molecule has 0 spiro atoms. The average Bonchev–Trinajstić information content (AvgIpc) is 3.22. The number of benzene rings is 1. The quantitative estimate of drug-likeness (QED) is 0.558. The van der Waals surface area contributed by atoms with Crippen LogP contribution in [0.3, 0.4) is 0 Å². The van der Waals surface area contributed by atoms with Crippen molar-refractivity contribution in [1.82, 2.24) is 15.1 Å². The molecule has 0 radical (unpaired) electrons. The number of thiophene rings is 1. The van der Waals surface area contributed by atoms with Gasteiger partial charge in [-0.05, 0) is 49.4 Å². The van der Waals surface area contributed by atoms with Crippen molar-refractivity contribution in [2.24, 2.45) is 4.99 Å². The summed E-state index contributed by atoms with van der Waals surface area (Å²) in [6.07, 6.45) is 1.01. The number of nitrogens with zero attached hydrogens (tertiary/aromatic N) is 3. The number of amides is 1. The average molecular weight is 387 g/mol. The fourth-order valence-electron chi connectivity index (χ4n) is 2.86. The van der Waals surface area contributed by atoms with Crippen LogP contribution < -0.4 is 5.32 Å². The third kappa shape index (κ3) is 6.10. The highest BCUT2D eigenvalue weighted by Crippen LogP contribution is 2.10. The van der Waals surface area contributed by atoms with Crippen LogP contribution in [0.2, 0.25) is 0 Å². The SMILES string of the molecule is CCN(CC)C(=O)c1ccc(CNC(=NC)N(C)CCc2cccs2)cc1. The van der Waals surface area contributed by atoms with Crippen molar-refractivity contribution >= 4 is 23.2 Å². The lowest BCUT2D eigenvalue weighted by molar-refractivity contribution is 0.0773. The number of guanidine groups is 1. The largest absolute Gasteiger partial charge is 0.352 e. The molecule has 2 rings (SSSR count). The molecule has 0 saturated carbocycles. The second kappa shape index (κ2) is 10.7. The van der Waals surface area contributed by atoms with Crippen molar-refractivity contribution < 1.29 is 4.79 Å². The molecule has 0 aliphatic heterocycles. The second-order valence-corrected chi connectivity index (χ2v) is 7.36. The summed E-state index contributed by atoms with van der Waals surface area (Å²) in [4.78, 5) is 22.1. The number of carbonyl (C=O) groups excluding carboxylic acids is 1. The highest BCUT2D eigenvalue weighted by Gasteiger charge is 2.12. The van der Waals surface area contributed by atoms with E-state index in [4.69, 9.17) is 0 Å². The summed E-state index contributed by atoms with van der Waals surface area (Å²) in [5, 5.41) is 5.50. The summed E-state index contributed by atoms with van der Waals surface area (Å²) < 4.78 is 0. The van der Waals surface area contributed by atoms with Gasteiger partial charge in [-0.3, -0.25) is 9.79 Å². The predicted molar refractivity (Wildman–Crippen MR) is 115 cm³/mol. The van der Waals surface area contributed by atoms with Gasteiger partial charge >= 0.3 is 0 Å². The first-order valence-electron chi connectivity index (χ1n) is 9.41. The minimum absolute atomic E-state index is 0.0867. The molecule has 0 atom stereocenters. The molecule has 5 nitrogen and oxygen atoms in total. The van der Waals surface area contributed by atoms with Crippen molar-refractivity contribution in [3.8, 4) is 0 Å². The van der Waals surface area contributed by atoms with Crippen molar-refractivity contribution in [2.75, 3.05) is 33.7 Å². The van der Waals surface area contributed by atoms with E-state index in [9.17, 15) is 4.79 Å². The molecule has 1 N–H and O–H groups in total. The maximum atomic E-state index is 12.4. The van der Waals surface area contributed by atoms with Gasteiger partial charge in [0.1, 0.15) is 0 Å². The molecule has 1 aromatic carbocycles. The Morgan fingerprint density at radius 1 is 1.15 bits per heavy atom. The Hall–Kier alpha value is -2.34. The van der Waals surface area contributed by atoms with E-state index in [2.05, 4.69) is 39.8 Å². The van der Waals surface area contributed by atoms with Crippen molar-refractivity contribution in [3.05, 3.63) is 57.8 Å². The minimum atomic E-state index is 0.0867. The van der Waals surface area contributed by atoms with Crippen molar-refractivity contribution in [2.45, 2.75) is 26.8 Å². The summed E-state index contributed by atoms with van der Waals surface area (Å²) in [6.45, 7) is 7.05. The molecule has 27 heavy (non-hydrogen) atoms. The number of carbonyl (C=O) groups is 1. The first-order valence-corrected chi connectivity index (χ1v) is 10.3. The lowest BCUT2D eigenvalue weighted by Gasteiger charge is -2.22. The van der Waals surface area contributed by atoms with Crippen LogP contribution in [0.5, 0.6) is 0 Å². The van der Waals surface area contributed by atoms with Crippen LogP contribution in [0.15, 0.2) is 46.8 Å². The minimum Gasteiger partial charge on any atom is -0.352 e. The molecule has 0 saturated heterocycles. The third-order valence-electron chi connectivity index (χ3n) is 4.55. The molecule has 146 valence electrons. The zero-order valence-electron chi connectivity index (χ0n) is 16.7. The number of likely N-dealkylation sites (N-methyl/N-ethyl adjacent to an activating group) is 1. The summed E-state index contributed by atoms with van der Waals surface area (Å²) in [5.74, 6) is 0.957. The Labute approximate surface area is 166 Å². The highest BCUT2D eigenvalue weighted by molar-refractivity contribution is 7.09. The first-order chi connectivity index (χ1) is 13.1. The lowest BCUT2D eigenvalue weighted by Crippen LogP contribution is -2.39. The first kappa shape index (κ1) is 21.0. The van der Waals surface area contributed by atoms with Crippen LogP contribution in [0.25, 0.3) is 0 Å². The lowest BCUT2D eigenvalue weighted by atomic mass is 10.1. The van der Waals surface area contributed by atoms with Gasteiger partial charge in [0.2, 0.25) is 0 Å². The van der Waals surface area contributed by atoms with Gasteiger partial charge in [0, 0.05) is 50.7 Å². The van der Waals surface area contributed by atoms with Gasteiger partial charge in [-0.25, -0.2) is 0 Å². The third-order valence-corrected chi connectivity index (χ3v) is 5.49. The molecule has 0 unspecified atom stereocenters. The van der Waals surface area contributed by atoms with Crippen LogP contribution >= 0.6 is 11.3 Å². The molecular weight excluding hydrogens is 356 g/mol. The Bertz CT molecular complexity index is 721. The molecule has 0 bridgehead atoms. The van der Waals surface area contributed by atoms with E-state index < -0.39 is 0 Å². The number of hydrogen-bond acceptors (Lipinski definition) is 3. The van der Waals surface area contributed by atoms with Gasteiger partial charge in [-0.15, -0.1) is 11.3 Å². The zero-order chi connectivity index (χ0) is 19.6. The maximum absolute atomic E-state index is 12.4. The molecule has 2 aromatic rings. The van der Waals surface area contributed by atoms with E-state index in [1.54, 1.807) is 18.4 Å². The molecule has 1 heterocycles. The highest BCUT2D eigenvalue weighted by atomic mass is 32.1. The molecular formula is C21H30N4OS. The normalized spacial score (nSPS) is 11.3. The van der Waals surface area contributed by atoms with Crippen LogP contribution in [0, 0.1) is 0 Å². The molecule has 0 aliphatic carbocycles. The standard InChI is InChI=1S/C21H30N4OS/c1-5-25(6-2)20(26)18-11-9-17(10-12-18)16-23-21(22-3)24(4)14-13-19-8-7-15-27-19/h7-12,15H,5-6,13-14,16H2,1-4H3,(H,22,23). The summed E-state index contributed by atoms with van der Waals surface area (Å²) in [5.41, 5.74) is 1.86. The fraction of sp³-hybridized carbons (Fsp3) is 0.429. The van der Waals surface area contributed by atoms with Crippen LogP contribution in [-0.4, -0.2) is 55.4 Å². The van der Waals surface area contributed by atoms with Gasteiger partial charge in [0.25, 0.3) is 5.91 Å². The van der Waals surface area contributed by atoms with Gasteiger partial charge in [0.15, 0.2) is 5.96 Å². The summed E-state index contributed by atoms with van der Waals surface area (Å²) in [6, 6.07) is 12.1. The van der Waals surface area contributed by atoms with Gasteiger partial charge in [-0.1, -0.05) is 18.2 Å². The number of hydrogen-bond donors (Lipinski definition) is 1. The molecule has 0 aliphatic rings. The molecule has 1 aromatic heterocycles. The Morgan fingerprint density at radius 2 is 1.85 bits per heavy atom. The van der Waals surface area contributed by atoms with E-state index >= 15 is 0 Å². The van der Waals surface area contributed by atoms with Gasteiger partial charge in [0.05, 0.1) is 0 Å². The van der Waals surface area contributed by atoms with E-state index in [0.717, 1.165) is 43.1 Å². The van der Waals surface area contributed by atoms with Gasteiger partial charge in [-0.2, -0.15) is 0 Å². The number of rotatable bonds is 8. The zero-order valence-corrected chi connectivity index (χ0v) is 17.6. The summed E-state index contributed by atoms with van der Waals surface area (Å²) >= 11 is 1.79. The van der Waals surface area contributed by atoms with Crippen molar-refractivity contribution in [3.63, 3.8) is 0 Å². The van der Waals surface area contributed by atoms with E-state index in [1.165, 1.54) is 4.88 Å². The molecule has 1 amide bonds. The van der Waals surface area contributed by atoms with Crippen molar-refractivity contribution in [1.29, 1.82) is 0 Å². The Morgan fingerprint density at radius 3 is 2.41 bits per heavy atom. The molecule has 6 heteroatoms. The van der Waals surface area contributed by atoms with Crippen LogP contribution in [0.1, 0.15) is 34.6 Å². The predicted octanol–water partition coefficient (Wildman–Crippen LogP) is 3.48. The van der Waals surface area contributed by atoms with E-state index in [-0.39, 0.29) is 5.91 Å². The monoisotopic (exact) mass is 386 g/mol. The fourth-order valence-corrected chi connectivity index (χ4v) is 3.56. The Balaban J connectivity index is 1.87. The smallest absolute Gasteiger partial charge is 0.253 e. The van der Waals surface area contributed by atoms with E-state index in [1.807, 2.05) is 43.0 Å². The number of nitrogens with one attached hydrogen (secondary N) is 1. The topological polar surface area (TPSA) is 47.9 Å².